The molecule has 0 aliphatic rings. The predicted octanol–water partition coefficient (Wildman–Crippen LogP) is 18.4. The summed E-state index contributed by atoms with van der Waals surface area (Å²) >= 11 is 0. The van der Waals surface area contributed by atoms with E-state index in [-0.39, 0.29) is 18.5 Å². The third-order valence-corrected chi connectivity index (χ3v) is 13.6. The average molecular weight is 943 g/mol. The zero-order valence-corrected chi connectivity index (χ0v) is 44.9. The first kappa shape index (κ1) is 65.1. The van der Waals surface area contributed by atoms with Gasteiger partial charge in [-0.1, -0.05) is 256 Å². The van der Waals surface area contributed by atoms with Gasteiger partial charge in [-0.2, -0.15) is 0 Å². The number of unbranched alkanes of at least 4 members (excludes halogenated alkanes) is 40. The van der Waals surface area contributed by atoms with E-state index in [4.69, 9.17) is 4.74 Å². The standard InChI is InChI=1S/C61H115NO5/c1-3-5-7-9-11-13-15-17-19-23-27-31-35-39-43-47-51-55-61(66)67-56-52-48-44-40-36-32-28-25-22-20-21-24-26-30-34-38-42-46-50-54-60(65)62-58(57-63)59(64)53-49-45-41-37-33-29-18-16-14-12-10-8-6-4-2/h17,19-21,49,53,58-59,63-64H,3-16,18,22-48,50-52,54-57H2,1-2H3,(H,62,65)/b19-17-,21-20-,53-49+. The number of rotatable bonds is 55. The van der Waals surface area contributed by atoms with Crippen molar-refractivity contribution in [2.45, 2.75) is 328 Å². The first-order chi connectivity index (χ1) is 33.0. The van der Waals surface area contributed by atoms with Gasteiger partial charge in [0.15, 0.2) is 0 Å². The lowest BCUT2D eigenvalue weighted by Crippen LogP contribution is -2.45. The highest BCUT2D eigenvalue weighted by Crippen LogP contribution is 2.16. The minimum Gasteiger partial charge on any atom is -0.466 e. The monoisotopic (exact) mass is 942 g/mol. The Kier molecular flexibility index (Phi) is 55.0. The molecule has 0 heterocycles. The number of hydrogen-bond acceptors (Lipinski definition) is 5. The van der Waals surface area contributed by atoms with Gasteiger partial charge in [0, 0.05) is 12.8 Å². The Morgan fingerprint density at radius 1 is 0.403 bits per heavy atom. The van der Waals surface area contributed by atoms with Crippen molar-refractivity contribution < 1.29 is 24.5 Å². The van der Waals surface area contributed by atoms with Crippen LogP contribution in [0.4, 0.5) is 0 Å². The van der Waals surface area contributed by atoms with Crippen molar-refractivity contribution in [1.82, 2.24) is 5.32 Å². The summed E-state index contributed by atoms with van der Waals surface area (Å²) in [6.45, 7) is 4.89. The molecule has 0 aromatic heterocycles. The predicted molar refractivity (Wildman–Crippen MR) is 292 cm³/mol. The first-order valence-electron chi connectivity index (χ1n) is 29.8. The summed E-state index contributed by atoms with van der Waals surface area (Å²) in [7, 11) is 0. The van der Waals surface area contributed by atoms with Crippen LogP contribution in [-0.4, -0.2) is 47.4 Å². The number of allylic oxidation sites excluding steroid dienone is 5. The maximum absolute atomic E-state index is 12.4. The average Bonchev–Trinajstić information content (AvgIpc) is 3.33. The molecule has 0 aliphatic heterocycles. The van der Waals surface area contributed by atoms with Crippen LogP contribution in [0.2, 0.25) is 0 Å². The molecule has 0 radical (unpaired) electrons. The van der Waals surface area contributed by atoms with Crippen molar-refractivity contribution in [3.63, 3.8) is 0 Å². The van der Waals surface area contributed by atoms with Crippen LogP contribution in [0, 0.1) is 0 Å². The summed E-state index contributed by atoms with van der Waals surface area (Å²) in [5, 5.41) is 23.1. The lowest BCUT2D eigenvalue weighted by Gasteiger charge is -2.20. The quantitative estimate of drug-likeness (QED) is 0.0321. The maximum atomic E-state index is 12.4. The van der Waals surface area contributed by atoms with E-state index >= 15 is 0 Å². The molecule has 394 valence electrons. The highest BCUT2D eigenvalue weighted by Gasteiger charge is 2.18. The van der Waals surface area contributed by atoms with E-state index in [9.17, 15) is 19.8 Å². The molecule has 1 amide bonds. The van der Waals surface area contributed by atoms with Crippen molar-refractivity contribution >= 4 is 11.9 Å². The molecule has 0 aliphatic carbocycles. The summed E-state index contributed by atoms with van der Waals surface area (Å²) in [6, 6.07) is -0.635. The van der Waals surface area contributed by atoms with Crippen molar-refractivity contribution in [1.29, 1.82) is 0 Å². The normalized spacial score (nSPS) is 12.8. The van der Waals surface area contributed by atoms with Crippen LogP contribution < -0.4 is 5.32 Å². The van der Waals surface area contributed by atoms with Gasteiger partial charge < -0.3 is 20.3 Å². The second kappa shape index (κ2) is 56.7. The van der Waals surface area contributed by atoms with Gasteiger partial charge in [-0.3, -0.25) is 9.59 Å². The van der Waals surface area contributed by atoms with E-state index in [1.807, 2.05) is 6.08 Å². The summed E-state index contributed by atoms with van der Waals surface area (Å²) in [5.41, 5.74) is 0. The molecule has 0 aromatic carbocycles. The number of aliphatic hydroxyl groups excluding tert-OH is 2. The summed E-state index contributed by atoms with van der Waals surface area (Å²) in [4.78, 5) is 24.5. The Hall–Kier alpha value is -1.92. The van der Waals surface area contributed by atoms with Gasteiger partial charge in [0.1, 0.15) is 0 Å². The molecule has 0 saturated heterocycles. The zero-order chi connectivity index (χ0) is 48.6. The number of aliphatic hydroxyl groups is 2. The molecule has 6 nitrogen and oxygen atoms in total. The molecule has 0 rings (SSSR count). The number of carbonyl (C=O) groups excluding carboxylic acids is 2. The van der Waals surface area contributed by atoms with E-state index in [0.29, 0.717) is 19.4 Å². The van der Waals surface area contributed by atoms with Gasteiger partial charge >= 0.3 is 5.97 Å². The van der Waals surface area contributed by atoms with E-state index in [0.717, 1.165) is 51.4 Å². The minimum atomic E-state index is -0.850. The molecule has 3 N–H and O–H groups in total. The number of ether oxygens (including phenoxy) is 1. The fourth-order valence-corrected chi connectivity index (χ4v) is 9.03. The maximum Gasteiger partial charge on any atom is 0.305 e. The fourth-order valence-electron chi connectivity index (χ4n) is 9.03. The highest BCUT2D eigenvalue weighted by atomic mass is 16.5. The van der Waals surface area contributed by atoms with Crippen LogP contribution in [0.1, 0.15) is 316 Å². The lowest BCUT2D eigenvalue weighted by atomic mass is 10.0. The van der Waals surface area contributed by atoms with Gasteiger partial charge in [0.2, 0.25) is 5.91 Å². The molecule has 2 atom stereocenters. The molecule has 67 heavy (non-hydrogen) atoms. The fraction of sp³-hybridized carbons (Fsp3) is 0.869. The number of nitrogens with one attached hydrogen (secondary N) is 1. The Morgan fingerprint density at radius 2 is 0.701 bits per heavy atom. The Labute approximate surface area is 417 Å². The van der Waals surface area contributed by atoms with Crippen LogP contribution in [0.3, 0.4) is 0 Å². The third-order valence-electron chi connectivity index (χ3n) is 13.6. The highest BCUT2D eigenvalue weighted by molar-refractivity contribution is 5.76. The summed E-state index contributed by atoms with van der Waals surface area (Å²) in [6.07, 6.45) is 70.2. The first-order valence-corrected chi connectivity index (χ1v) is 29.8. The minimum absolute atomic E-state index is 0.000288. The van der Waals surface area contributed by atoms with Crippen LogP contribution >= 0.6 is 0 Å². The molecule has 0 fully saturated rings. The molecular weight excluding hydrogens is 827 g/mol. The van der Waals surface area contributed by atoms with Crippen LogP contribution in [0.15, 0.2) is 36.5 Å². The van der Waals surface area contributed by atoms with Crippen molar-refractivity contribution in [2.24, 2.45) is 0 Å². The number of hydrogen-bond donors (Lipinski definition) is 3. The van der Waals surface area contributed by atoms with Crippen molar-refractivity contribution in [3.05, 3.63) is 36.5 Å². The Bertz CT molecular complexity index is 1090. The second-order valence-corrected chi connectivity index (χ2v) is 20.3. The topological polar surface area (TPSA) is 95.9 Å². The Morgan fingerprint density at radius 3 is 1.06 bits per heavy atom. The SMILES string of the molecule is CCCCCCCC/C=C\CCCCCCCCCC(=O)OCCCCCCCCCC/C=C\CCCCCCCCCC(=O)NC(CO)C(O)/C=C/CCCCCCCCCCCCCC. The molecule has 0 saturated carbocycles. The second-order valence-electron chi connectivity index (χ2n) is 20.3. The van der Waals surface area contributed by atoms with E-state index < -0.39 is 12.1 Å². The molecule has 0 spiro atoms. The number of esters is 1. The molecule has 0 aromatic rings. The summed E-state index contributed by atoms with van der Waals surface area (Å²) < 4.78 is 5.48. The van der Waals surface area contributed by atoms with Crippen LogP contribution in [-0.2, 0) is 14.3 Å². The Balaban J connectivity index is 3.45. The summed E-state index contributed by atoms with van der Waals surface area (Å²) in [5.74, 6) is -0.0777. The number of amides is 1. The van der Waals surface area contributed by atoms with Gasteiger partial charge in [-0.15, -0.1) is 0 Å². The van der Waals surface area contributed by atoms with Crippen LogP contribution in [0.5, 0.6) is 0 Å². The van der Waals surface area contributed by atoms with E-state index in [2.05, 4.69) is 43.5 Å². The van der Waals surface area contributed by atoms with Gasteiger partial charge in [-0.25, -0.2) is 0 Å². The van der Waals surface area contributed by atoms with E-state index in [1.165, 1.54) is 238 Å². The van der Waals surface area contributed by atoms with Crippen molar-refractivity contribution in [3.8, 4) is 0 Å². The molecule has 6 heteroatoms. The van der Waals surface area contributed by atoms with E-state index in [1.54, 1.807) is 6.08 Å². The number of carbonyl (C=O) groups is 2. The smallest absolute Gasteiger partial charge is 0.305 e. The lowest BCUT2D eigenvalue weighted by molar-refractivity contribution is -0.143. The third kappa shape index (κ3) is 53.3. The zero-order valence-electron chi connectivity index (χ0n) is 44.9. The molecule has 2 unspecified atom stereocenters. The van der Waals surface area contributed by atoms with Crippen molar-refractivity contribution in [2.75, 3.05) is 13.2 Å². The molecular formula is C61H115NO5. The van der Waals surface area contributed by atoms with Crippen LogP contribution in [0.25, 0.3) is 0 Å². The van der Waals surface area contributed by atoms with Gasteiger partial charge in [0.25, 0.3) is 0 Å². The van der Waals surface area contributed by atoms with Gasteiger partial charge in [0.05, 0.1) is 25.4 Å². The largest absolute Gasteiger partial charge is 0.466 e. The van der Waals surface area contributed by atoms with Gasteiger partial charge in [-0.05, 0) is 83.5 Å². The molecule has 0 bridgehead atoms.